The smallest absolute Gasteiger partial charge is 0.465 e. The molecular weight excluding hydrogens is 295 g/mol. The number of anilines is 1. The minimum Gasteiger partial charge on any atom is -0.465 e. The summed E-state index contributed by atoms with van der Waals surface area (Å²) in [6.45, 7) is 9.25. The number of carbonyl (C=O) groups is 1. The van der Waals surface area contributed by atoms with Gasteiger partial charge in [-0.3, -0.25) is 0 Å². The van der Waals surface area contributed by atoms with Crippen molar-refractivity contribution in [1.29, 1.82) is 0 Å². The van der Waals surface area contributed by atoms with E-state index >= 15 is 0 Å². The van der Waals surface area contributed by atoms with Crippen LogP contribution in [0.25, 0.3) is 0 Å². The van der Waals surface area contributed by atoms with E-state index in [1.165, 1.54) is 0 Å². The number of rotatable bonds is 6. The molecule has 1 aromatic rings. The minimum atomic E-state index is -0.993. The molecule has 0 atom stereocenters. The van der Waals surface area contributed by atoms with Crippen molar-refractivity contribution in [3.05, 3.63) is 24.3 Å². The average molecular weight is 320 g/mol. The summed E-state index contributed by atoms with van der Waals surface area (Å²) in [5.41, 5.74) is 1.22. The molecule has 0 saturated carbocycles. The van der Waals surface area contributed by atoms with Gasteiger partial charge in [-0.25, -0.2) is 4.79 Å². The van der Waals surface area contributed by atoms with Gasteiger partial charge < -0.3 is 25.0 Å². The molecule has 7 heteroatoms. The predicted molar refractivity (Wildman–Crippen MR) is 91.3 cm³/mol. The molecule has 1 amide bonds. The van der Waals surface area contributed by atoms with Gasteiger partial charge in [0, 0.05) is 18.8 Å². The largest absolute Gasteiger partial charge is 0.494 e. The lowest BCUT2D eigenvalue weighted by molar-refractivity contribution is 0.00578. The van der Waals surface area contributed by atoms with Gasteiger partial charge in [0.15, 0.2) is 0 Å². The van der Waals surface area contributed by atoms with E-state index in [0.717, 1.165) is 11.2 Å². The molecule has 1 aromatic carbocycles. The summed E-state index contributed by atoms with van der Waals surface area (Å²) in [5, 5.41) is 14.1. The zero-order valence-corrected chi connectivity index (χ0v) is 14.2. The van der Waals surface area contributed by atoms with E-state index in [0.29, 0.717) is 19.5 Å². The maximum atomic E-state index is 10.4. The van der Waals surface area contributed by atoms with Crippen LogP contribution in [0.3, 0.4) is 0 Å². The Kier molecular flexibility index (Phi) is 5.21. The van der Waals surface area contributed by atoms with Crippen molar-refractivity contribution in [1.82, 2.24) is 5.32 Å². The van der Waals surface area contributed by atoms with Crippen molar-refractivity contribution in [2.75, 3.05) is 18.4 Å². The molecule has 1 aliphatic rings. The third kappa shape index (κ3) is 4.39. The second kappa shape index (κ2) is 6.80. The summed E-state index contributed by atoms with van der Waals surface area (Å²) >= 11 is 0. The third-order valence-corrected chi connectivity index (χ3v) is 4.37. The highest BCUT2D eigenvalue weighted by Crippen LogP contribution is 2.36. The van der Waals surface area contributed by atoms with Crippen molar-refractivity contribution in [3.63, 3.8) is 0 Å². The second-order valence-corrected chi connectivity index (χ2v) is 6.73. The van der Waals surface area contributed by atoms with E-state index in [2.05, 4.69) is 10.6 Å². The molecule has 0 aromatic heterocycles. The molecule has 126 valence electrons. The van der Waals surface area contributed by atoms with E-state index < -0.39 is 6.09 Å². The molecule has 6 nitrogen and oxygen atoms in total. The van der Waals surface area contributed by atoms with Crippen molar-refractivity contribution < 1.29 is 19.2 Å². The van der Waals surface area contributed by atoms with E-state index in [4.69, 9.17) is 14.4 Å². The summed E-state index contributed by atoms with van der Waals surface area (Å²) in [6, 6.07) is 7.92. The standard InChI is InChI=1S/C16H25BN2O4/c1-15(2)16(3,4)23-17(22-15)12-7-5-8-13(11-12)18-9-6-10-19-14(20)21/h5,7-8,11,18-19H,6,9-10H2,1-4H3,(H,20,21). The van der Waals surface area contributed by atoms with Crippen LogP contribution in [-0.2, 0) is 9.31 Å². The van der Waals surface area contributed by atoms with E-state index in [9.17, 15) is 4.79 Å². The summed E-state index contributed by atoms with van der Waals surface area (Å²) in [5.74, 6) is 0. The normalized spacial score (nSPS) is 18.7. The van der Waals surface area contributed by atoms with Gasteiger partial charge in [-0.05, 0) is 51.7 Å². The number of hydrogen-bond acceptors (Lipinski definition) is 4. The average Bonchev–Trinajstić information content (AvgIpc) is 2.67. The number of amides is 1. The van der Waals surface area contributed by atoms with E-state index in [-0.39, 0.29) is 18.3 Å². The van der Waals surface area contributed by atoms with Gasteiger partial charge >= 0.3 is 13.2 Å². The Bertz CT molecular complexity index is 547. The van der Waals surface area contributed by atoms with Crippen molar-refractivity contribution >= 4 is 24.4 Å². The highest BCUT2D eigenvalue weighted by Gasteiger charge is 2.51. The fourth-order valence-corrected chi connectivity index (χ4v) is 2.29. The van der Waals surface area contributed by atoms with E-state index in [1.807, 2.05) is 52.0 Å². The van der Waals surface area contributed by atoms with Gasteiger partial charge in [0.2, 0.25) is 0 Å². The fourth-order valence-electron chi connectivity index (χ4n) is 2.29. The van der Waals surface area contributed by atoms with Crippen LogP contribution >= 0.6 is 0 Å². The summed E-state index contributed by atoms with van der Waals surface area (Å²) in [7, 11) is -0.379. The first-order valence-corrected chi connectivity index (χ1v) is 7.87. The second-order valence-electron chi connectivity index (χ2n) is 6.73. The molecule has 23 heavy (non-hydrogen) atoms. The molecule has 1 fully saturated rings. The number of nitrogens with one attached hydrogen (secondary N) is 2. The number of hydrogen-bond donors (Lipinski definition) is 3. The molecule has 0 bridgehead atoms. The molecule has 0 aliphatic carbocycles. The molecule has 1 aliphatic heterocycles. The Morgan fingerprint density at radius 3 is 2.43 bits per heavy atom. The summed E-state index contributed by atoms with van der Waals surface area (Å²) in [4.78, 5) is 10.4. The van der Waals surface area contributed by atoms with Crippen molar-refractivity contribution in [2.24, 2.45) is 0 Å². The molecular formula is C16H25BN2O4. The third-order valence-electron chi connectivity index (χ3n) is 4.37. The molecule has 1 heterocycles. The molecule has 0 radical (unpaired) electrons. The monoisotopic (exact) mass is 320 g/mol. The van der Waals surface area contributed by atoms with Crippen LogP contribution in [0.4, 0.5) is 10.5 Å². The van der Waals surface area contributed by atoms with Gasteiger partial charge in [-0.1, -0.05) is 12.1 Å². The minimum absolute atomic E-state index is 0.358. The summed E-state index contributed by atoms with van der Waals surface area (Å²) in [6.07, 6.45) is -0.278. The Balaban J connectivity index is 1.92. The van der Waals surface area contributed by atoms with Crippen LogP contribution in [0, 0.1) is 0 Å². The van der Waals surface area contributed by atoms with Gasteiger partial charge in [-0.15, -0.1) is 0 Å². The highest BCUT2D eigenvalue weighted by atomic mass is 16.7. The van der Waals surface area contributed by atoms with Gasteiger partial charge in [0.1, 0.15) is 0 Å². The molecule has 0 unspecified atom stereocenters. The van der Waals surface area contributed by atoms with Gasteiger partial charge in [0.25, 0.3) is 0 Å². The lowest BCUT2D eigenvalue weighted by atomic mass is 9.79. The van der Waals surface area contributed by atoms with Crippen LogP contribution in [0.2, 0.25) is 0 Å². The van der Waals surface area contributed by atoms with Crippen LogP contribution in [0.5, 0.6) is 0 Å². The maximum Gasteiger partial charge on any atom is 0.494 e. The molecule has 3 N–H and O–H groups in total. The topological polar surface area (TPSA) is 79.8 Å². The Hall–Kier alpha value is -1.73. The van der Waals surface area contributed by atoms with Gasteiger partial charge in [0.05, 0.1) is 11.2 Å². The first kappa shape index (κ1) is 17.6. The van der Waals surface area contributed by atoms with Crippen molar-refractivity contribution in [3.8, 4) is 0 Å². The molecule has 2 rings (SSSR count). The van der Waals surface area contributed by atoms with Crippen LogP contribution < -0.4 is 16.1 Å². The predicted octanol–water partition coefficient (Wildman–Crippen LogP) is 2.06. The van der Waals surface area contributed by atoms with Crippen LogP contribution in [0.1, 0.15) is 34.1 Å². The fraction of sp³-hybridized carbons (Fsp3) is 0.562. The lowest BCUT2D eigenvalue weighted by Gasteiger charge is -2.32. The number of carboxylic acid groups (broad SMARTS) is 1. The molecule has 0 spiro atoms. The number of benzene rings is 1. The quantitative estimate of drug-likeness (QED) is 0.552. The van der Waals surface area contributed by atoms with Gasteiger partial charge in [-0.2, -0.15) is 0 Å². The first-order valence-electron chi connectivity index (χ1n) is 7.87. The zero-order valence-electron chi connectivity index (χ0n) is 14.2. The molecule has 1 saturated heterocycles. The Morgan fingerprint density at radius 2 is 1.83 bits per heavy atom. The van der Waals surface area contributed by atoms with E-state index in [1.54, 1.807) is 0 Å². The highest BCUT2D eigenvalue weighted by molar-refractivity contribution is 6.62. The van der Waals surface area contributed by atoms with Crippen LogP contribution in [0.15, 0.2) is 24.3 Å². The Morgan fingerprint density at radius 1 is 1.17 bits per heavy atom. The van der Waals surface area contributed by atoms with Crippen LogP contribution in [-0.4, -0.2) is 42.6 Å². The van der Waals surface area contributed by atoms with Crippen molar-refractivity contribution in [2.45, 2.75) is 45.3 Å². The lowest BCUT2D eigenvalue weighted by Crippen LogP contribution is -2.41. The Labute approximate surface area is 137 Å². The zero-order chi connectivity index (χ0) is 17.1. The first-order chi connectivity index (χ1) is 10.7. The summed E-state index contributed by atoms with van der Waals surface area (Å²) < 4.78 is 12.1. The SMILES string of the molecule is CC1(C)OB(c2cccc(NCCCNC(=O)O)c2)OC1(C)C. The maximum absolute atomic E-state index is 10.4.